The van der Waals surface area contributed by atoms with Gasteiger partial charge in [0.2, 0.25) is 11.8 Å². The first-order valence-corrected chi connectivity index (χ1v) is 10.1. The Balaban J connectivity index is 1.45. The third kappa shape index (κ3) is 3.77. The molecule has 3 heterocycles. The molecule has 1 saturated heterocycles. The summed E-state index contributed by atoms with van der Waals surface area (Å²) in [6.45, 7) is 2.00. The fraction of sp³-hybridized carbons (Fsp3) is 0.300. The zero-order valence-corrected chi connectivity index (χ0v) is 16.5. The molecule has 1 aromatic carbocycles. The zero-order chi connectivity index (χ0) is 20.5. The lowest BCUT2D eigenvalue weighted by Gasteiger charge is -2.18. The number of nitrogens with one attached hydrogen (secondary N) is 1. The van der Waals surface area contributed by atoms with Gasteiger partial charge in [-0.05, 0) is 24.6 Å². The first-order chi connectivity index (χ1) is 14.0. The van der Waals surface area contributed by atoms with E-state index in [1.807, 2.05) is 13.0 Å². The number of para-hydroxylation sites is 1. The normalized spacial score (nSPS) is 16.6. The predicted octanol–water partition coefficient (Wildman–Crippen LogP) is 2.08. The van der Waals surface area contributed by atoms with Gasteiger partial charge in [-0.1, -0.05) is 19.1 Å². The van der Waals surface area contributed by atoms with E-state index in [9.17, 15) is 18.8 Å². The van der Waals surface area contributed by atoms with Crippen LogP contribution in [0.4, 0.5) is 10.1 Å². The number of thiophene rings is 1. The van der Waals surface area contributed by atoms with Crippen LogP contribution >= 0.6 is 11.3 Å². The number of aromatic nitrogens is 2. The summed E-state index contributed by atoms with van der Waals surface area (Å²) in [4.78, 5) is 44.6. The van der Waals surface area contributed by atoms with Crippen LogP contribution in [0, 0.1) is 5.82 Å². The number of aryl methyl sites for hydroxylation is 1. The highest BCUT2D eigenvalue weighted by molar-refractivity contribution is 7.18. The maximum atomic E-state index is 14.0. The van der Waals surface area contributed by atoms with Gasteiger partial charge in [0, 0.05) is 17.8 Å². The second kappa shape index (κ2) is 7.75. The fourth-order valence-electron chi connectivity index (χ4n) is 3.43. The number of benzene rings is 1. The molecule has 0 bridgehead atoms. The van der Waals surface area contributed by atoms with Crippen LogP contribution in [-0.4, -0.2) is 34.0 Å². The standard InChI is InChI=1S/C20H19FN4O3S/c1-2-13-8-14-19(29-13)22-11-24(20(14)28)10-17(26)23-12-7-18(27)25(9-12)16-6-4-3-5-15(16)21/h3-6,8,11-12H,2,7,9-10H2,1H3,(H,23,26)/t12-/m1/s1. The van der Waals surface area contributed by atoms with Crippen LogP contribution in [0.1, 0.15) is 18.2 Å². The Hall–Kier alpha value is -3.07. The molecule has 7 nitrogen and oxygen atoms in total. The van der Waals surface area contributed by atoms with Crippen molar-refractivity contribution in [2.75, 3.05) is 11.4 Å². The minimum absolute atomic E-state index is 0.0800. The molecule has 1 atom stereocenters. The Bertz CT molecular complexity index is 1160. The summed E-state index contributed by atoms with van der Waals surface area (Å²) >= 11 is 1.47. The molecule has 0 aliphatic carbocycles. The maximum absolute atomic E-state index is 14.0. The SMILES string of the molecule is CCc1cc2c(=O)n(CC(=O)N[C@@H]3CC(=O)N(c4ccccc4F)C3)cnc2s1. The van der Waals surface area contributed by atoms with Crippen molar-refractivity contribution < 1.29 is 14.0 Å². The van der Waals surface area contributed by atoms with E-state index in [1.54, 1.807) is 12.1 Å². The van der Waals surface area contributed by atoms with Crippen molar-refractivity contribution in [1.29, 1.82) is 0 Å². The summed E-state index contributed by atoms with van der Waals surface area (Å²) in [5.41, 5.74) is -0.0686. The predicted molar refractivity (Wildman–Crippen MR) is 109 cm³/mol. The summed E-state index contributed by atoms with van der Waals surface area (Å²) in [5, 5.41) is 3.26. The van der Waals surface area contributed by atoms with E-state index in [1.165, 1.54) is 39.3 Å². The largest absolute Gasteiger partial charge is 0.349 e. The van der Waals surface area contributed by atoms with Gasteiger partial charge in [0.25, 0.3) is 5.56 Å². The molecule has 2 amide bonds. The molecule has 0 saturated carbocycles. The number of anilines is 1. The van der Waals surface area contributed by atoms with Gasteiger partial charge in [0.1, 0.15) is 17.2 Å². The van der Waals surface area contributed by atoms with Crippen molar-refractivity contribution in [3.8, 4) is 0 Å². The van der Waals surface area contributed by atoms with Gasteiger partial charge in [-0.3, -0.25) is 19.0 Å². The van der Waals surface area contributed by atoms with Crippen molar-refractivity contribution >= 4 is 39.1 Å². The van der Waals surface area contributed by atoms with E-state index < -0.39 is 17.8 Å². The highest BCUT2D eigenvalue weighted by atomic mass is 32.1. The molecule has 29 heavy (non-hydrogen) atoms. The average Bonchev–Trinajstić information content (AvgIpc) is 3.28. The molecule has 2 aromatic heterocycles. The molecule has 150 valence electrons. The monoisotopic (exact) mass is 414 g/mol. The lowest BCUT2D eigenvalue weighted by atomic mass is 10.2. The van der Waals surface area contributed by atoms with Crippen molar-refractivity contribution in [3.05, 3.63) is 57.7 Å². The zero-order valence-electron chi connectivity index (χ0n) is 15.7. The van der Waals surface area contributed by atoms with Gasteiger partial charge in [-0.15, -0.1) is 11.3 Å². The van der Waals surface area contributed by atoms with Gasteiger partial charge in [0.15, 0.2) is 0 Å². The number of fused-ring (bicyclic) bond motifs is 1. The van der Waals surface area contributed by atoms with E-state index in [2.05, 4.69) is 10.3 Å². The molecule has 1 N–H and O–H groups in total. The van der Waals surface area contributed by atoms with Crippen LogP contribution in [0.3, 0.4) is 0 Å². The fourth-order valence-corrected chi connectivity index (χ4v) is 4.36. The summed E-state index contributed by atoms with van der Waals surface area (Å²) < 4.78 is 15.2. The number of hydrogen-bond donors (Lipinski definition) is 1. The number of amides is 2. The smallest absolute Gasteiger partial charge is 0.262 e. The van der Waals surface area contributed by atoms with Gasteiger partial charge in [0.05, 0.1) is 23.4 Å². The molecular weight excluding hydrogens is 395 g/mol. The number of carbonyl (C=O) groups excluding carboxylic acids is 2. The third-order valence-corrected chi connectivity index (χ3v) is 6.05. The van der Waals surface area contributed by atoms with Crippen molar-refractivity contribution in [3.63, 3.8) is 0 Å². The molecular formula is C20H19FN4O3S. The average molecular weight is 414 g/mol. The van der Waals surface area contributed by atoms with E-state index in [0.29, 0.717) is 10.2 Å². The Kier molecular flexibility index (Phi) is 5.14. The van der Waals surface area contributed by atoms with Gasteiger partial charge in [-0.2, -0.15) is 0 Å². The number of rotatable bonds is 5. The number of halogens is 1. The molecule has 9 heteroatoms. The quantitative estimate of drug-likeness (QED) is 0.693. The summed E-state index contributed by atoms with van der Waals surface area (Å²) in [6.07, 6.45) is 2.26. The van der Waals surface area contributed by atoms with Gasteiger partial charge < -0.3 is 10.2 Å². The number of nitrogens with zero attached hydrogens (tertiary/aromatic N) is 3. The minimum Gasteiger partial charge on any atom is -0.349 e. The highest BCUT2D eigenvalue weighted by Gasteiger charge is 2.32. The van der Waals surface area contributed by atoms with E-state index >= 15 is 0 Å². The van der Waals surface area contributed by atoms with Crippen LogP contribution < -0.4 is 15.8 Å². The molecule has 4 rings (SSSR count). The summed E-state index contributed by atoms with van der Waals surface area (Å²) in [5.74, 6) is -1.14. The van der Waals surface area contributed by atoms with Crippen LogP contribution in [0.25, 0.3) is 10.2 Å². The molecule has 1 aliphatic heterocycles. The van der Waals surface area contributed by atoms with Crippen LogP contribution in [-0.2, 0) is 22.6 Å². The molecule has 1 fully saturated rings. The Morgan fingerprint density at radius 2 is 2.14 bits per heavy atom. The molecule has 0 unspecified atom stereocenters. The molecule has 0 spiro atoms. The Labute approximate surface area is 169 Å². The van der Waals surface area contributed by atoms with Crippen molar-refractivity contribution in [2.45, 2.75) is 32.4 Å². The van der Waals surface area contributed by atoms with Crippen LogP contribution in [0.2, 0.25) is 0 Å². The van der Waals surface area contributed by atoms with E-state index in [0.717, 1.165) is 11.3 Å². The van der Waals surface area contributed by atoms with Gasteiger partial charge in [-0.25, -0.2) is 9.37 Å². The number of hydrogen-bond acceptors (Lipinski definition) is 5. The maximum Gasteiger partial charge on any atom is 0.262 e. The first-order valence-electron chi connectivity index (χ1n) is 9.28. The van der Waals surface area contributed by atoms with E-state index in [4.69, 9.17) is 0 Å². The first kappa shape index (κ1) is 19.3. The minimum atomic E-state index is -0.485. The number of carbonyl (C=O) groups is 2. The second-order valence-electron chi connectivity index (χ2n) is 6.89. The van der Waals surface area contributed by atoms with Crippen molar-refractivity contribution in [1.82, 2.24) is 14.9 Å². The second-order valence-corrected chi connectivity index (χ2v) is 8.00. The molecule has 3 aromatic rings. The van der Waals surface area contributed by atoms with E-state index in [-0.39, 0.29) is 36.7 Å². The lowest BCUT2D eigenvalue weighted by molar-refractivity contribution is -0.122. The van der Waals surface area contributed by atoms with Crippen molar-refractivity contribution in [2.24, 2.45) is 0 Å². The molecule has 0 radical (unpaired) electrons. The summed E-state index contributed by atoms with van der Waals surface area (Å²) in [7, 11) is 0. The Morgan fingerprint density at radius 1 is 1.34 bits per heavy atom. The van der Waals surface area contributed by atoms with Crippen LogP contribution in [0.5, 0.6) is 0 Å². The summed E-state index contributed by atoms with van der Waals surface area (Å²) in [6, 6.07) is 7.39. The van der Waals surface area contributed by atoms with Gasteiger partial charge >= 0.3 is 0 Å². The topological polar surface area (TPSA) is 84.3 Å². The molecule has 1 aliphatic rings. The highest BCUT2D eigenvalue weighted by Crippen LogP contribution is 2.24. The lowest BCUT2D eigenvalue weighted by Crippen LogP contribution is -2.40. The van der Waals surface area contributed by atoms with Crippen LogP contribution in [0.15, 0.2) is 41.5 Å². The third-order valence-electron chi connectivity index (χ3n) is 4.86. The Morgan fingerprint density at radius 3 is 2.90 bits per heavy atom.